The average Bonchev–Trinajstić information content (AvgIpc) is 2.71. The normalized spacial score (nSPS) is 11.1. The molecule has 30 heavy (non-hydrogen) atoms. The summed E-state index contributed by atoms with van der Waals surface area (Å²) in [5.74, 6) is 5.54. The number of carbonyl (C=O) groups is 1. The monoisotopic (exact) mass is 421 g/mol. The van der Waals surface area contributed by atoms with E-state index < -0.39 is 14.3 Å². The van der Waals surface area contributed by atoms with Gasteiger partial charge in [-0.2, -0.15) is 4.99 Å². The van der Waals surface area contributed by atoms with E-state index in [1.165, 1.54) is 19.3 Å². The number of hydrogen-bond donors (Lipinski definition) is 0. The molecule has 0 amide bonds. The Labute approximate surface area is 179 Å². The number of isocyanates is 1. The highest BCUT2D eigenvalue weighted by molar-refractivity contribution is 6.74. The number of carbonyl (C=O) groups excluding carboxylic acids is 2. The Kier molecular flexibility index (Phi) is 7.52. The first-order valence-electron chi connectivity index (χ1n) is 9.62. The van der Waals surface area contributed by atoms with Gasteiger partial charge in [0, 0.05) is 5.56 Å². The smallest absolute Gasteiger partial charge is 0.337 e. The van der Waals surface area contributed by atoms with E-state index in [0.29, 0.717) is 23.4 Å². The van der Waals surface area contributed by atoms with Crippen LogP contribution in [0, 0.1) is 11.8 Å². The summed E-state index contributed by atoms with van der Waals surface area (Å²) in [6.45, 7) is 11.7. The second kappa shape index (κ2) is 9.68. The van der Waals surface area contributed by atoms with Crippen molar-refractivity contribution in [2.24, 2.45) is 4.99 Å². The summed E-state index contributed by atoms with van der Waals surface area (Å²) in [4.78, 5) is 26.1. The Morgan fingerprint density at radius 3 is 2.30 bits per heavy atom. The highest BCUT2D eigenvalue weighted by Gasteiger charge is 2.36. The maximum Gasteiger partial charge on any atom is 0.337 e. The van der Waals surface area contributed by atoms with Crippen LogP contribution >= 0.6 is 0 Å². The predicted molar refractivity (Wildman–Crippen MR) is 120 cm³/mol. The Hall–Kier alpha value is -2.97. The van der Waals surface area contributed by atoms with Crippen LogP contribution in [-0.2, 0) is 20.6 Å². The van der Waals surface area contributed by atoms with Gasteiger partial charge in [0.05, 0.1) is 30.5 Å². The first kappa shape index (κ1) is 23.3. The van der Waals surface area contributed by atoms with Crippen LogP contribution in [0.3, 0.4) is 0 Å². The lowest BCUT2D eigenvalue weighted by molar-refractivity contribution is 0.0600. The van der Waals surface area contributed by atoms with Crippen LogP contribution in [-0.4, -0.2) is 27.5 Å². The lowest BCUT2D eigenvalue weighted by Crippen LogP contribution is -2.40. The molecule has 0 aliphatic heterocycles. The Bertz CT molecular complexity index is 1020. The van der Waals surface area contributed by atoms with Gasteiger partial charge in [-0.1, -0.05) is 44.7 Å². The molecule has 0 heterocycles. The van der Waals surface area contributed by atoms with Crippen LogP contribution in [0.1, 0.15) is 47.8 Å². The van der Waals surface area contributed by atoms with Crippen molar-refractivity contribution >= 4 is 26.1 Å². The van der Waals surface area contributed by atoms with Crippen LogP contribution < -0.4 is 0 Å². The molecule has 0 saturated heterocycles. The second-order valence-corrected chi connectivity index (χ2v) is 13.2. The van der Waals surface area contributed by atoms with Gasteiger partial charge in [-0.05, 0) is 54.0 Å². The molecular weight excluding hydrogens is 394 g/mol. The number of benzene rings is 2. The van der Waals surface area contributed by atoms with E-state index in [1.54, 1.807) is 12.1 Å². The van der Waals surface area contributed by atoms with Crippen molar-refractivity contribution in [3.8, 4) is 11.8 Å². The molecule has 0 aliphatic rings. The molecule has 0 fully saturated rings. The van der Waals surface area contributed by atoms with Gasteiger partial charge in [0.25, 0.3) is 0 Å². The predicted octanol–water partition coefficient (Wildman–Crippen LogP) is 5.36. The average molecular weight is 422 g/mol. The maximum absolute atomic E-state index is 11.8. The van der Waals surface area contributed by atoms with Crippen molar-refractivity contribution in [2.45, 2.75) is 45.5 Å². The van der Waals surface area contributed by atoms with Gasteiger partial charge in [-0.25, -0.2) is 9.59 Å². The molecule has 5 nitrogen and oxygen atoms in total. The molecular formula is C24H27NO4Si. The Morgan fingerprint density at radius 2 is 1.73 bits per heavy atom. The summed E-state index contributed by atoms with van der Waals surface area (Å²) < 4.78 is 11.0. The Balaban J connectivity index is 2.21. The fourth-order valence-corrected chi connectivity index (χ4v) is 3.29. The summed E-state index contributed by atoms with van der Waals surface area (Å²) in [5, 5.41) is 0.166. The van der Waals surface area contributed by atoms with Gasteiger partial charge in [0.2, 0.25) is 6.08 Å². The molecule has 0 radical (unpaired) electrons. The number of hydrogen-bond acceptors (Lipinski definition) is 5. The maximum atomic E-state index is 11.8. The van der Waals surface area contributed by atoms with E-state index in [2.05, 4.69) is 50.7 Å². The molecule has 0 saturated carbocycles. The second-order valence-electron chi connectivity index (χ2n) is 8.42. The van der Waals surface area contributed by atoms with Crippen LogP contribution in [0.4, 0.5) is 5.69 Å². The van der Waals surface area contributed by atoms with Crippen molar-refractivity contribution in [3.05, 3.63) is 64.7 Å². The largest absolute Gasteiger partial charge is 0.465 e. The number of esters is 1. The van der Waals surface area contributed by atoms with Crippen molar-refractivity contribution in [1.29, 1.82) is 0 Å². The van der Waals surface area contributed by atoms with E-state index in [0.717, 1.165) is 11.1 Å². The van der Waals surface area contributed by atoms with Gasteiger partial charge in [-0.15, -0.1) is 0 Å². The number of ether oxygens (including phenoxy) is 1. The third-order valence-corrected chi connectivity index (χ3v) is 9.76. The minimum absolute atomic E-state index is 0.166. The minimum Gasteiger partial charge on any atom is -0.465 e. The van der Waals surface area contributed by atoms with Crippen molar-refractivity contribution in [3.63, 3.8) is 0 Å². The zero-order valence-electron chi connectivity index (χ0n) is 18.3. The molecule has 0 aliphatic carbocycles. The highest BCUT2D eigenvalue weighted by Crippen LogP contribution is 2.37. The standard InChI is InChI=1S/C24H27NO4Si/c1-24(2,3)30(5,6)29-16-19-9-7-18(8-10-19)11-12-20-15-21(23(27)28-4)13-14-22(20)25-17-26/h7-10,13-15H,16H2,1-6H3. The summed E-state index contributed by atoms with van der Waals surface area (Å²) in [6, 6.07) is 12.5. The third-order valence-electron chi connectivity index (χ3n) is 5.29. The molecule has 156 valence electrons. The van der Waals surface area contributed by atoms with Gasteiger partial charge >= 0.3 is 5.97 Å². The molecule has 0 bridgehead atoms. The molecule has 0 aromatic heterocycles. The van der Waals surface area contributed by atoms with E-state index in [9.17, 15) is 9.59 Å². The summed E-state index contributed by atoms with van der Waals surface area (Å²) in [5.41, 5.74) is 3.03. The number of aliphatic imine (C=N–C) groups is 1. The van der Waals surface area contributed by atoms with E-state index >= 15 is 0 Å². The minimum atomic E-state index is -1.80. The summed E-state index contributed by atoms with van der Waals surface area (Å²) in [6.07, 6.45) is 1.51. The van der Waals surface area contributed by atoms with E-state index in [-0.39, 0.29) is 5.04 Å². The van der Waals surface area contributed by atoms with E-state index in [1.807, 2.05) is 24.3 Å². The molecule has 2 aromatic rings. The lowest BCUT2D eigenvalue weighted by Gasteiger charge is -2.36. The highest BCUT2D eigenvalue weighted by atomic mass is 28.4. The van der Waals surface area contributed by atoms with Gasteiger partial charge in [0.15, 0.2) is 8.32 Å². The van der Waals surface area contributed by atoms with Crippen LogP contribution in [0.15, 0.2) is 47.5 Å². The lowest BCUT2D eigenvalue weighted by atomic mass is 10.1. The molecule has 0 atom stereocenters. The van der Waals surface area contributed by atoms with Crippen molar-refractivity contribution in [2.75, 3.05) is 7.11 Å². The molecule has 0 spiro atoms. The van der Waals surface area contributed by atoms with Crippen LogP contribution in [0.25, 0.3) is 0 Å². The first-order chi connectivity index (χ1) is 14.1. The third kappa shape index (κ3) is 6.01. The topological polar surface area (TPSA) is 65.0 Å². The van der Waals surface area contributed by atoms with Gasteiger partial charge < -0.3 is 9.16 Å². The van der Waals surface area contributed by atoms with Crippen LogP contribution in [0.2, 0.25) is 18.1 Å². The number of rotatable bonds is 5. The number of methoxy groups -OCH3 is 1. The Morgan fingerprint density at radius 1 is 1.07 bits per heavy atom. The zero-order chi connectivity index (χ0) is 22.4. The van der Waals surface area contributed by atoms with Gasteiger partial charge in [0.1, 0.15) is 0 Å². The first-order valence-corrected chi connectivity index (χ1v) is 12.5. The summed E-state index contributed by atoms with van der Waals surface area (Å²) in [7, 11) is -0.493. The quantitative estimate of drug-likeness (QED) is 0.214. The van der Waals surface area contributed by atoms with Gasteiger partial charge in [-0.3, -0.25) is 0 Å². The van der Waals surface area contributed by atoms with Crippen molar-refractivity contribution in [1.82, 2.24) is 0 Å². The SMILES string of the molecule is COC(=O)c1ccc(N=C=O)c(C#Cc2ccc(CO[Si](C)(C)C(C)(C)C)cc2)c1. The summed E-state index contributed by atoms with van der Waals surface area (Å²) >= 11 is 0. The fraction of sp³-hybridized carbons (Fsp3) is 0.333. The fourth-order valence-electron chi connectivity index (χ4n) is 2.33. The molecule has 2 rings (SSSR count). The molecule has 2 aromatic carbocycles. The van der Waals surface area contributed by atoms with Crippen LogP contribution in [0.5, 0.6) is 0 Å². The number of nitrogens with zero attached hydrogens (tertiary/aromatic N) is 1. The van der Waals surface area contributed by atoms with E-state index in [4.69, 9.17) is 9.16 Å². The molecule has 0 N–H and O–H groups in total. The van der Waals surface area contributed by atoms with Crippen molar-refractivity contribution < 1.29 is 18.8 Å². The zero-order valence-corrected chi connectivity index (χ0v) is 19.3. The molecule has 6 heteroatoms. The molecule has 0 unspecified atom stereocenters.